The van der Waals surface area contributed by atoms with E-state index in [4.69, 9.17) is 39.5 Å². The molecule has 0 aliphatic rings. The monoisotopic (exact) mass is 316 g/mol. The number of hydrogen-bond donors (Lipinski definition) is 0. The second-order valence-electron chi connectivity index (χ2n) is 3.53. The van der Waals surface area contributed by atoms with E-state index in [1.165, 1.54) is 6.92 Å². The SMILES string of the molecule is CCCCOC(=O)/C(=C/OC(C)=O)CC(Cl)(Cl)Cl. The van der Waals surface area contributed by atoms with Crippen molar-refractivity contribution < 1.29 is 19.1 Å². The molecule has 0 aromatic rings. The predicted octanol–water partition coefficient (Wildman–Crippen LogP) is 3.54. The van der Waals surface area contributed by atoms with Crippen LogP contribution in [-0.2, 0) is 19.1 Å². The number of unbranched alkanes of at least 4 members (excludes halogenated alkanes) is 1. The van der Waals surface area contributed by atoms with Gasteiger partial charge in [0, 0.05) is 13.3 Å². The molecule has 0 unspecified atom stereocenters. The molecule has 104 valence electrons. The zero-order valence-corrected chi connectivity index (χ0v) is 12.4. The first-order valence-corrected chi connectivity index (χ1v) is 6.49. The Hall–Kier alpha value is -0.450. The van der Waals surface area contributed by atoms with E-state index in [1.54, 1.807) is 0 Å². The Kier molecular flexibility index (Phi) is 8.40. The van der Waals surface area contributed by atoms with Crippen molar-refractivity contribution in [2.75, 3.05) is 6.61 Å². The van der Waals surface area contributed by atoms with Crippen LogP contribution in [-0.4, -0.2) is 22.3 Å². The van der Waals surface area contributed by atoms with Crippen molar-refractivity contribution in [1.29, 1.82) is 0 Å². The number of rotatable bonds is 6. The summed E-state index contributed by atoms with van der Waals surface area (Å²) >= 11 is 16.8. The first kappa shape index (κ1) is 17.6. The smallest absolute Gasteiger partial charge is 0.337 e. The summed E-state index contributed by atoms with van der Waals surface area (Å²) < 4.78 is 7.89. The molecule has 0 N–H and O–H groups in total. The Balaban J connectivity index is 4.59. The number of carbonyl (C=O) groups excluding carboxylic acids is 2. The van der Waals surface area contributed by atoms with Crippen molar-refractivity contribution in [3.63, 3.8) is 0 Å². The van der Waals surface area contributed by atoms with E-state index in [9.17, 15) is 9.59 Å². The highest BCUT2D eigenvalue weighted by atomic mass is 35.6. The highest BCUT2D eigenvalue weighted by Crippen LogP contribution is 2.33. The van der Waals surface area contributed by atoms with Crippen molar-refractivity contribution in [2.24, 2.45) is 0 Å². The van der Waals surface area contributed by atoms with E-state index in [1.807, 2.05) is 6.92 Å². The lowest BCUT2D eigenvalue weighted by Crippen LogP contribution is -2.15. The van der Waals surface area contributed by atoms with Crippen molar-refractivity contribution >= 4 is 46.7 Å². The zero-order chi connectivity index (χ0) is 14.2. The summed E-state index contributed by atoms with van der Waals surface area (Å²) in [6.07, 6.45) is 2.38. The maximum Gasteiger partial charge on any atom is 0.337 e. The van der Waals surface area contributed by atoms with Crippen LogP contribution < -0.4 is 0 Å². The molecule has 0 aliphatic heterocycles. The van der Waals surface area contributed by atoms with Gasteiger partial charge in [0.05, 0.1) is 12.2 Å². The molecule has 18 heavy (non-hydrogen) atoms. The summed E-state index contributed by atoms with van der Waals surface area (Å²) in [5, 5.41) is 0. The molecule has 0 aromatic heterocycles. The fourth-order valence-electron chi connectivity index (χ4n) is 0.934. The van der Waals surface area contributed by atoms with Gasteiger partial charge in [-0.05, 0) is 6.42 Å². The molecule has 0 radical (unpaired) electrons. The van der Waals surface area contributed by atoms with E-state index in [2.05, 4.69) is 4.74 Å². The second-order valence-corrected chi connectivity index (χ2v) is 6.05. The van der Waals surface area contributed by atoms with E-state index >= 15 is 0 Å². The minimum absolute atomic E-state index is 0.00121. The normalized spacial score (nSPS) is 12.2. The summed E-state index contributed by atoms with van der Waals surface area (Å²) in [6.45, 7) is 3.43. The van der Waals surface area contributed by atoms with Crippen molar-refractivity contribution in [1.82, 2.24) is 0 Å². The molecular weight excluding hydrogens is 302 g/mol. The number of ether oxygens (including phenoxy) is 2. The molecule has 7 heteroatoms. The quantitative estimate of drug-likeness (QED) is 0.247. The summed E-state index contributed by atoms with van der Waals surface area (Å²) in [7, 11) is 0. The number of halogens is 3. The number of carbonyl (C=O) groups is 2. The van der Waals surface area contributed by atoms with E-state index in [0.29, 0.717) is 0 Å². The van der Waals surface area contributed by atoms with Gasteiger partial charge < -0.3 is 9.47 Å². The topological polar surface area (TPSA) is 52.6 Å². The summed E-state index contributed by atoms with van der Waals surface area (Å²) in [5.74, 6) is -1.23. The first-order chi connectivity index (χ1) is 8.26. The third-order valence-electron chi connectivity index (χ3n) is 1.75. The summed E-state index contributed by atoms with van der Waals surface area (Å²) in [4.78, 5) is 22.3. The van der Waals surface area contributed by atoms with Crippen LogP contribution in [0, 0.1) is 0 Å². The van der Waals surface area contributed by atoms with E-state index in [-0.39, 0.29) is 18.6 Å². The largest absolute Gasteiger partial charge is 0.462 e. The van der Waals surface area contributed by atoms with E-state index < -0.39 is 15.7 Å². The fraction of sp³-hybridized carbons (Fsp3) is 0.636. The summed E-state index contributed by atoms with van der Waals surface area (Å²) in [6, 6.07) is 0. The molecule has 0 saturated carbocycles. The summed E-state index contributed by atoms with van der Waals surface area (Å²) in [5.41, 5.74) is 0.00121. The average Bonchev–Trinajstić information content (AvgIpc) is 2.22. The van der Waals surface area contributed by atoms with Gasteiger partial charge in [-0.2, -0.15) is 0 Å². The van der Waals surface area contributed by atoms with Crippen LogP contribution in [0.25, 0.3) is 0 Å². The second kappa shape index (κ2) is 8.62. The highest BCUT2D eigenvalue weighted by Gasteiger charge is 2.26. The molecule has 0 spiro atoms. The standard InChI is InChI=1S/C11H15Cl3O4/c1-3-4-5-17-10(16)9(6-11(12,13)14)7-18-8(2)15/h7H,3-6H2,1-2H3/b9-7+. The third kappa shape index (κ3) is 9.57. The van der Waals surface area contributed by atoms with Crippen LogP contribution in [0.2, 0.25) is 0 Å². The Morgan fingerprint density at radius 1 is 1.28 bits per heavy atom. The lowest BCUT2D eigenvalue weighted by atomic mass is 10.2. The van der Waals surface area contributed by atoms with E-state index in [0.717, 1.165) is 19.1 Å². The fourth-order valence-corrected chi connectivity index (χ4v) is 1.37. The predicted molar refractivity (Wildman–Crippen MR) is 70.6 cm³/mol. The maximum absolute atomic E-state index is 11.7. The third-order valence-corrected chi connectivity index (χ3v) is 2.15. The van der Waals surface area contributed by atoms with Gasteiger partial charge in [0.2, 0.25) is 0 Å². The van der Waals surface area contributed by atoms with Gasteiger partial charge >= 0.3 is 11.9 Å². The van der Waals surface area contributed by atoms with Crippen LogP contribution in [0.4, 0.5) is 0 Å². The Morgan fingerprint density at radius 3 is 2.33 bits per heavy atom. The minimum atomic E-state index is -1.66. The van der Waals surface area contributed by atoms with Crippen LogP contribution in [0.5, 0.6) is 0 Å². The lowest BCUT2D eigenvalue weighted by Gasteiger charge is -2.13. The van der Waals surface area contributed by atoms with Crippen molar-refractivity contribution in [3.05, 3.63) is 11.8 Å². The average molecular weight is 318 g/mol. The van der Waals surface area contributed by atoms with Crippen LogP contribution >= 0.6 is 34.8 Å². The van der Waals surface area contributed by atoms with Gasteiger partial charge in [-0.1, -0.05) is 48.1 Å². The number of alkyl halides is 3. The Morgan fingerprint density at radius 2 is 1.89 bits per heavy atom. The molecule has 0 amide bonds. The lowest BCUT2D eigenvalue weighted by molar-refractivity contribution is -0.139. The van der Waals surface area contributed by atoms with Gasteiger partial charge in [0.25, 0.3) is 0 Å². The van der Waals surface area contributed by atoms with Crippen LogP contribution in [0.15, 0.2) is 11.8 Å². The maximum atomic E-state index is 11.7. The molecule has 0 aliphatic carbocycles. The molecule has 0 aromatic carbocycles. The number of esters is 2. The van der Waals surface area contributed by atoms with Crippen LogP contribution in [0.3, 0.4) is 0 Å². The molecule has 4 nitrogen and oxygen atoms in total. The Labute approximate surface area is 121 Å². The molecule has 0 heterocycles. The van der Waals surface area contributed by atoms with Gasteiger partial charge in [-0.15, -0.1) is 0 Å². The zero-order valence-electron chi connectivity index (χ0n) is 10.2. The van der Waals surface area contributed by atoms with Gasteiger partial charge in [-0.25, -0.2) is 4.79 Å². The molecule has 0 atom stereocenters. The van der Waals surface area contributed by atoms with Gasteiger partial charge in [-0.3, -0.25) is 4.79 Å². The minimum Gasteiger partial charge on any atom is -0.462 e. The molecule has 0 saturated heterocycles. The number of hydrogen-bond acceptors (Lipinski definition) is 4. The molecular formula is C11H15Cl3O4. The Bertz CT molecular complexity index is 321. The van der Waals surface area contributed by atoms with Crippen molar-refractivity contribution in [2.45, 2.75) is 36.9 Å². The highest BCUT2D eigenvalue weighted by molar-refractivity contribution is 6.67. The van der Waals surface area contributed by atoms with Gasteiger partial charge in [0.1, 0.15) is 6.26 Å². The van der Waals surface area contributed by atoms with Crippen LogP contribution in [0.1, 0.15) is 33.1 Å². The van der Waals surface area contributed by atoms with Crippen molar-refractivity contribution in [3.8, 4) is 0 Å². The molecule has 0 bridgehead atoms. The molecule has 0 rings (SSSR count). The van der Waals surface area contributed by atoms with Gasteiger partial charge in [0.15, 0.2) is 3.79 Å². The first-order valence-electron chi connectivity index (χ1n) is 5.36. The molecule has 0 fully saturated rings.